The van der Waals surface area contributed by atoms with Gasteiger partial charge in [0, 0.05) is 30.1 Å². The molecule has 0 aromatic heterocycles. The van der Waals surface area contributed by atoms with Crippen LogP contribution in [0.3, 0.4) is 0 Å². The van der Waals surface area contributed by atoms with Crippen molar-refractivity contribution in [2.45, 2.75) is 13.1 Å². The van der Waals surface area contributed by atoms with Gasteiger partial charge in [0.15, 0.2) is 0 Å². The van der Waals surface area contributed by atoms with E-state index in [9.17, 15) is 0 Å². The molecule has 0 spiro atoms. The Bertz CT molecular complexity index is 1040. The Balaban J connectivity index is 0.000000501. The third-order valence-electron chi connectivity index (χ3n) is 4.50. The van der Waals surface area contributed by atoms with E-state index in [4.69, 9.17) is 34.0 Å². The average molecular weight is 427 g/mol. The van der Waals surface area contributed by atoms with Crippen molar-refractivity contribution < 1.29 is 34.0 Å². The minimum atomic E-state index is -1.82. The highest BCUT2D eigenvalue weighted by Gasteiger charge is 2.08. The van der Waals surface area contributed by atoms with Crippen LogP contribution >= 0.6 is 0 Å². The topological polar surface area (TPSA) is 114 Å². The molecule has 0 aliphatic rings. The van der Waals surface area contributed by atoms with Crippen molar-refractivity contribution in [1.82, 2.24) is 5.32 Å². The van der Waals surface area contributed by atoms with Gasteiger partial charge in [0.05, 0.1) is 21.3 Å². The van der Waals surface area contributed by atoms with E-state index in [1.54, 1.807) is 21.3 Å². The van der Waals surface area contributed by atoms with Crippen LogP contribution in [0.1, 0.15) is 11.1 Å². The van der Waals surface area contributed by atoms with Crippen molar-refractivity contribution in [2.75, 3.05) is 21.3 Å². The van der Waals surface area contributed by atoms with Crippen LogP contribution in [0.4, 0.5) is 0 Å². The van der Waals surface area contributed by atoms with E-state index in [1.807, 2.05) is 30.3 Å². The molecule has 3 aromatic rings. The van der Waals surface area contributed by atoms with Crippen molar-refractivity contribution >= 4 is 22.7 Å². The zero-order valence-electron chi connectivity index (χ0n) is 17.5. The number of carboxylic acid groups (broad SMARTS) is 2. The number of nitrogens with one attached hydrogen (secondary N) is 1. The molecule has 0 unspecified atom stereocenters. The van der Waals surface area contributed by atoms with Gasteiger partial charge in [0.2, 0.25) is 0 Å². The highest BCUT2D eigenvalue weighted by molar-refractivity contribution is 6.27. The Morgan fingerprint density at radius 1 is 0.742 bits per heavy atom. The van der Waals surface area contributed by atoms with Crippen molar-refractivity contribution in [3.8, 4) is 17.2 Å². The predicted molar refractivity (Wildman–Crippen MR) is 116 cm³/mol. The molecule has 0 radical (unpaired) electrons. The molecule has 0 saturated heterocycles. The molecule has 0 heterocycles. The van der Waals surface area contributed by atoms with E-state index >= 15 is 0 Å². The molecule has 0 aliphatic carbocycles. The molecular formula is C23H25NO7. The minimum Gasteiger partial charge on any atom is -0.497 e. The third kappa shape index (κ3) is 6.35. The van der Waals surface area contributed by atoms with Crippen molar-refractivity contribution in [1.29, 1.82) is 0 Å². The minimum absolute atomic E-state index is 0.716. The Kier molecular flexibility index (Phi) is 8.65. The summed E-state index contributed by atoms with van der Waals surface area (Å²) >= 11 is 0. The predicted octanol–water partition coefficient (Wildman–Crippen LogP) is 3.31. The molecule has 3 aromatic carbocycles. The van der Waals surface area contributed by atoms with Crippen molar-refractivity contribution in [3.63, 3.8) is 0 Å². The smallest absolute Gasteiger partial charge is 0.414 e. The summed E-state index contributed by atoms with van der Waals surface area (Å²) in [5, 5.41) is 20.6. The number of carbonyl (C=O) groups is 2. The van der Waals surface area contributed by atoms with Gasteiger partial charge in [0.25, 0.3) is 0 Å². The number of rotatable bonds is 7. The number of hydrogen-bond donors (Lipinski definition) is 3. The number of hydrogen-bond acceptors (Lipinski definition) is 6. The lowest BCUT2D eigenvalue weighted by molar-refractivity contribution is -0.159. The summed E-state index contributed by atoms with van der Waals surface area (Å²) in [5.74, 6) is -1.13. The average Bonchev–Trinajstić information content (AvgIpc) is 2.79. The van der Waals surface area contributed by atoms with Gasteiger partial charge in [-0.2, -0.15) is 0 Å². The molecule has 3 N–H and O–H groups in total. The van der Waals surface area contributed by atoms with Crippen LogP contribution in [-0.4, -0.2) is 43.5 Å². The lowest BCUT2D eigenvalue weighted by atomic mass is 10.0. The van der Waals surface area contributed by atoms with E-state index in [1.165, 1.54) is 10.9 Å². The number of fused-ring (bicyclic) bond motifs is 1. The Morgan fingerprint density at radius 2 is 1.32 bits per heavy atom. The molecule has 3 rings (SSSR count). The number of methoxy groups -OCH3 is 3. The van der Waals surface area contributed by atoms with E-state index in [0.717, 1.165) is 34.7 Å². The Hall–Kier alpha value is -3.78. The summed E-state index contributed by atoms with van der Waals surface area (Å²) in [5.41, 5.74) is 2.34. The molecule has 0 bridgehead atoms. The summed E-state index contributed by atoms with van der Waals surface area (Å²) in [4.78, 5) is 18.2. The van der Waals surface area contributed by atoms with Crippen molar-refractivity contribution in [2.24, 2.45) is 0 Å². The maximum atomic E-state index is 9.10. The first kappa shape index (κ1) is 23.5. The normalized spacial score (nSPS) is 10.0. The summed E-state index contributed by atoms with van der Waals surface area (Å²) in [6.07, 6.45) is 0. The lowest BCUT2D eigenvalue weighted by Crippen LogP contribution is -2.13. The SMILES string of the molecule is COc1ccc(CNCc2ccc(OC)c3ccccc23)c(OC)c1.O=C(O)C(=O)O. The standard InChI is InChI=1S/C21H23NO3.C2H2O4/c1-23-17-10-8-16(21(12-17)25-3)14-22-13-15-9-11-20(24-2)19-7-5-4-6-18(15)19;3-1(4)2(5)6/h4-12,22H,13-14H2,1-3H3;(H,3,4)(H,5,6). The third-order valence-corrected chi connectivity index (χ3v) is 4.50. The first-order valence-electron chi connectivity index (χ1n) is 9.33. The quantitative estimate of drug-likeness (QED) is 0.492. The van der Waals surface area contributed by atoms with Gasteiger partial charge in [-0.3, -0.25) is 0 Å². The van der Waals surface area contributed by atoms with Crippen LogP contribution in [0.5, 0.6) is 17.2 Å². The van der Waals surface area contributed by atoms with Gasteiger partial charge in [-0.1, -0.05) is 36.4 Å². The van der Waals surface area contributed by atoms with Gasteiger partial charge >= 0.3 is 11.9 Å². The molecule has 164 valence electrons. The molecule has 0 saturated carbocycles. The second-order valence-corrected chi connectivity index (χ2v) is 6.36. The zero-order valence-corrected chi connectivity index (χ0v) is 17.5. The van der Waals surface area contributed by atoms with Crippen molar-refractivity contribution in [3.05, 3.63) is 65.7 Å². The summed E-state index contributed by atoms with van der Waals surface area (Å²) in [6, 6.07) is 18.3. The van der Waals surface area contributed by atoms with Crippen LogP contribution in [0, 0.1) is 0 Å². The van der Waals surface area contributed by atoms with E-state index in [2.05, 4.69) is 29.6 Å². The molecule has 0 aliphatic heterocycles. The van der Waals surface area contributed by atoms with E-state index in [0.29, 0.717) is 6.54 Å². The van der Waals surface area contributed by atoms with E-state index in [-0.39, 0.29) is 0 Å². The lowest BCUT2D eigenvalue weighted by Gasteiger charge is -2.13. The van der Waals surface area contributed by atoms with Gasteiger partial charge in [-0.05, 0) is 23.1 Å². The molecular weight excluding hydrogens is 402 g/mol. The van der Waals surface area contributed by atoms with Gasteiger partial charge in [-0.25, -0.2) is 9.59 Å². The van der Waals surface area contributed by atoms with Crippen LogP contribution in [-0.2, 0) is 22.7 Å². The molecule has 8 heteroatoms. The van der Waals surface area contributed by atoms with Gasteiger partial charge in [0.1, 0.15) is 17.2 Å². The second kappa shape index (κ2) is 11.4. The van der Waals surface area contributed by atoms with E-state index < -0.39 is 11.9 Å². The molecule has 0 atom stereocenters. The Labute approximate surface area is 180 Å². The van der Waals surface area contributed by atoms with Gasteiger partial charge < -0.3 is 29.7 Å². The largest absolute Gasteiger partial charge is 0.497 e. The summed E-state index contributed by atoms with van der Waals surface area (Å²) in [7, 11) is 5.03. The van der Waals surface area contributed by atoms with Crippen LogP contribution in [0.25, 0.3) is 10.8 Å². The maximum absolute atomic E-state index is 9.10. The fraction of sp³-hybridized carbons (Fsp3) is 0.217. The number of aliphatic carboxylic acids is 2. The number of benzene rings is 3. The first-order chi connectivity index (χ1) is 14.9. The monoisotopic (exact) mass is 427 g/mol. The first-order valence-corrected chi connectivity index (χ1v) is 9.33. The molecule has 8 nitrogen and oxygen atoms in total. The number of carboxylic acids is 2. The molecule has 31 heavy (non-hydrogen) atoms. The van der Waals surface area contributed by atoms with Crippen LogP contribution < -0.4 is 19.5 Å². The summed E-state index contributed by atoms with van der Waals surface area (Å²) < 4.78 is 16.2. The second-order valence-electron chi connectivity index (χ2n) is 6.36. The highest BCUT2D eigenvalue weighted by Crippen LogP contribution is 2.29. The fourth-order valence-corrected chi connectivity index (χ4v) is 3.00. The molecule has 0 amide bonds. The van der Waals surface area contributed by atoms with Crippen LogP contribution in [0.15, 0.2) is 54.6 Å². The highest BCUT2D eigenvalue weighted by atomic mass is 16.5. The van der Waals surface area contributed by atoms with Gasteiger partial charge in [-0.15, -0.1) is 0 Å². The molecule has 0 fully saturated rings. The van der Waals surface area contributed by atoms with Crippen LogP contribution in [0.2, 0.25) is 0 Å². The number of ether oxygens (including phenoxy) is 3. The Morgan fingerprint density at radius 3 is 1.90 bits per heavy atom. The summed E-state index contributed by atoms with van der Waals surface area (Å²) in [6.45, 7) is 1.48. The zero-order chi connectivity index (χ0) is 22.8. The fourth-order valence-electron chi connectivity index (χ4n) is 3.00. The maximum Gasteiger partial charge on any atom is 0.414 e.